The lowest BCUT2D eigenvalue weighted by atomic mass is 9.85. The number of ketones is 1. The number of Topliss-reactive ketones (excluding diaryl/α,β-unsaturated/α-hetero) is 1. The Bertz CT molecular complexity index is 1620. The fourth-order valence-electron chi connectivity index (χ4n) is 4.66. The van der Waals surface area contributed by atoms with E-state index in [0.717, 1.165) is 10.9 Å². The number of esters is 1. The summed E-state index contributed by atoms with van der Waals surface area (Å²) in [7, 11) is 1.56. The van der Waals surface area contributed by atoms with E-state index in [0.29, 0.717) is 33.7 Å². The van der Waals surface area contributed by atoms with Gasteiger partial charge in [0.05, 0.1) is 24.6 Å². The summed E-state index contributed by atoms with van der Waals surface area (Å²) in [6, 6.07) is 19.7. The zero-order valence-corrected chi connectivity index (χ0v) is 18.7. The molecule has 0 unspecified atom stereocenters. The zero-order chi connectivity index (χ0) is 24.1. The van der Waals surface area contributed by atoms with Crippen molar-refractivity contribution in [3.05, 3.63) is 105 Å². The Balaban J connectivity index is 1.50. The topological polar surface area (TPSA) is 94.7 Å². The van der Waals surface area contributed by atoms with E-state index in [4.69, 9.17) is 14.2 Å². The van der Waals surface area contributed by atoms with Crippen LogP contribution in [0.15, 0.2) is 77.3 Å². The number of benzene rings is 3. The number of H-pyrrole nitrogens is 1. The molecule has 0 saturated carbocycles. The van der Waals surface area contributed by atoms with Crippen LogP contribution in [0.1, 0.15) is 39.4 Å². The van der Waals surface area contributed by atoms with E-state index in [2.05, 4.69) is 4.98 Å². The van der Waals surface area contributed by atoms with E-state index in [1.165, 1.54) is 0 Å². The first-order valence-electron chi connectivity index (χ1n) is 11.1. The number of nitrogens with one attached hydrogen (secondary N) is 1. The molecular formula is C28H19NO6. The molecule has 35 heavy (non-hydrogen) atoms. The third-order valence-corrected chi connectivity index (χ3v) is 6.33. The van der Waals surface area contributed by atoms with Crippen LogP contribution in [0.25, 0.3) is 17.0 Å². The van der Waals surface area contributed by atoms with Crippen LogP contribution < -0.4 is 19.8 Å². The summed E-state index contributed by atoms with van der Waals surface area (Å²) in [6.07, 6.45) is 1.62. The molecule has 3 heterocycles. The van der Waals surface area contributed by atoms with Gasteiger partial charge in [0.2, 0.25) is 5.78 Å². The molecule has 6 rings (SSSR count). The number of aromatic amines is 1. The summed E-state index contributed by atoms with van der Waals surface area (Å²) in [5, 5.41) is 0.787. The third kappa shape index (κ3) is 3.49. The molecule has 7 heteroatoms. The highest BCUT2D eigenvalue weighted by molar-refractivity contribution is 6.15. The van der Waals surface area contributed by atoms with Crippen LogP contribution in [0.5, 0.6) is 17.2 Å². The first-order chi connectivity index (χ1) is 17.0. The number of rotatable bonds is 3. The van der Waals surface area contributed by atoms with Gasteiger partial charge in [0.1, 0.15) is 17.2 Å². The second kappa shape index (κ2) is 7.99. The Labute approximate surface area is 199 Å². The number of carbonyl (C=O) groups excluding carboxylic acids is 2. The molecule has 1 atom stereocenters. The number of methoxy groups -OCH3 is 1. The predicted octanol–water partition coefficient (Wildman–Crippen LogP) is 4.59. The van der Waals surface area contributed by atoms with Crippen molar-refractivity contribution < 1.29 is 23.8 Å². The molecule has 0 bridgehead atoms. The van der Waals surface area contributed by atoms with Crippen molar-refractivity contribution in [2.24, 2.45) is 0 Å². The van der Waals surface area contributed by atoms with Gasteiger partial charge in [-0.2, -0.15) is 0 Å². The van der Waals surface area contributed by atoms with Crippen molar-refractivity contribution in [1.29, 1.82) is 0 Å². The van der Waals surface area contributed by atoms with Crippen molar-refractivity contribution in [3.8, 4) is 17.2 Å². The van der Waals surface area contributed by atoms with E-state index in [9.17, 15) is 14.4 Å². The first-order valence-corrected chi connectivity index (χ1v) is 11.1. The van der Waals surface area contributed by atoms with Gasteiger partial charge in [-0.25, -0.2) is 0 Å². The Morgan fingerprint density at radius 2 is 1.80 bits per heavy atom. The van der Waals surface area contributed by atoms with Crippen LogP contribution in [0, 0.1) is 0 Å². The second-order valence-corrected chi connectivity index (χ2v) is 8.44. The van der Waals surface area contributed by atoms with E-state index in [-0.39, 0.29) is 29.3 Å². The van der Waals surface area contributed by atoms with Gasteiger partial charge in [-0.1, -0.05) is 30.3 Å². The Hall–Kier alpha value is -4.65. The zero-order valence-electron chi connectivity index (χ0n) is 18.7. The summed E-state index contributed by atoms with van der Waals surface area (Å²) < 4.78 is 16.8. The van der Waals surface area contributed by atoms with Gasteiger partial charge in [-0.15, -0.1) is 0 Å². The Morgan fingerprint density at radius 3 is 2.60 bits per heavy atom. The van der Waals surface area contributed by atoms with Crippen LogP contribution in [0.2, 0.25) is 0 Å². The Morgan fingerprint density at radius 1 is 0.971 bits per heavy atom. The van der Waals surface area contributed by atoms with Crippen molar-refractivity contribution in [2.75, 3.05) is 7.11 Å². The van der Waals surface area contributed by atoms with Crippen molar-refractivity contribution >= 4 is 28.7 Å². The van der Waals surface area contributed by atoms with Crippen LogP contribution in [0.3, 0.4) is 0 Å². The van der Waals surface area contributed by atoms with Gasteiger partial charge in [0, 0.05) is 23.1 Å². The van der Waals surface area contributed by atoms with Crippen LogP contribution in [-0.2, 0) is 4.79 Å². The molecule has 1 aromatic heterocycles. The smallest absolute Gasteiger partial charge is 0.312 e. The fourth-order valence-corrected chi connectivity index (χ4v) is 4.66. The highest BCUT2D eigenvalue weighted by Gasteiger charge is 2.39. The predicted molar refractivity (Wildman–Crippen MR) is 129 cm³/mol. The SMILES string of the molecule is COc1ccc2cc([C@H]3CC(=O)Oc4ccc5c(c43)O/C(=C\c3ccccc3)C5=O)c(=O)[nH]c2c1. The van der Waals surface area contributed by atoms with Gasteiger partial charge >= 0.3 is 5.97 Å². The highest BCUT2D eigenvalue weighted by Crippen LogP contribution is 2.48. The van der Waals surface area contributed by atoms with E-state index >= 15 is 0 Å². The van der Waals surface area contributed by atoms with Crippen LogP contribution in [-0.4, -0.2) is 23.8 Å². The first kappa shape index (κ1) is 20.9. The molecule has 0 amide bonds. The fraction of sp³-hybridized carbons (Fsp3) is 0.107. The lowest BCUT2D eigenvalue weighted by Gasteiger charge is -2.26. The van der Waals surface area contributed by atoms with Gasteiger partial charge in [-0.3, -0.25) is 14.4 Å². The quantitative estimate of drug-likeness (QED) is 0.270. The van der Waals surface area contributed by atoms with Crippen molar-refractivity contribution in [2.45, 2.75) is 12.3 Å². The standard InChI is InChI=1S/C28H19NO6/c1-33-17-8-7-16-12-20(28(32)29-21(16)13-17)19-14-24(30)34-22-10-9-18-26(31)23(35-27(18)25(19)22)11-15-5-3-2-4-6-15/h2-13,19H,14H2,1H3,(H,29,32)/b23-11-/t19-/m1/s1. The van der Waals surface area contributed by atoms with E-state index in [1.807, 2.05) is 36.4 Å². The molecule has 2 aliphatic heterocycles. The van der Waals surface area contributed by atoms with E-state index < -0.39 is 11.9 Å². The lowest BCUT2D eigenvalue weighted by Crippen LogP contribution is -2.26. The van der Waals surface area contributed by atoms with Crippen molar-refractivity contribution in [1.82, 2.24) is 4.98 Å². The summed E-state index contributed by atoms with van der Waals surface area (Å²) in [5.74, 6) is 0.0438. The third-order valence-electron chi connectivity index (χ3n) is 6.33. The summed E-state index contributed by atoms with van der Waals surface area (Å²) in [5.41, 5.74) is 2.39. The molecule has 4 aromatic rings. The highest BCUT2D eigenvalue weighted by atomic mass is 16.5. The monoisotopic (exact) mass is 465 g/mol. The molecule has 0 radical (unpaired) electrons. The minimum absolute atomic E-state index is 0.0521. The minimum Gasteiger partial charge on any atom is -0.497 e. The summed E-state index contributed by atoms with van der Waals surface area (Å²) in [4.78, 5) is 41.6. The molecule has 0 saturated heterocycles. The Kier molecular flexibility index (Phi) is 4.77. The number of hydrogen-bond acceptors (Lipinski definition) is 6. The number of pyridine rings is 1. The molecule has 0 aliphatic carbocycles. The number of ether oxygens (including phenoxy) is 3. The van der Waals surface area contributed by atoms with Gasteiger partial charge < -0.3 is 19.2 Å². The van der Waals surface area contributed by atoms with Crippen molar-refractivity contribution in [3.63, 3.8) is 0 Å². The average Bonchev–Trinajstić information content (AvgIpc) is 3.18. The van der Waals surface area contributed by atoms with E-state index in [1.54, 1.807) is 43.5 Å². The maximum absolute atomic E-state index is 13.2. The molecule has 2 aliphatic rings. The molecule has 0 fully saturated rings. The van der Waals surface area contributed by atoms with Gasteiger partial charge in [-0.05, 0) is 47.4 Å². The number of aromatic nitrogens is 1. The second-order valence-electron chi connectivity index (χ2n) is 8.44. The largest absolute Gasteiger partial charge is 0.497 e. The average molecular weight is 465 g/mol. The number of allylic oxidation sites excluding steroid dienone is 1. The lowest BCUT2D eigenvalue weighted by molar-refractivity contribution is -0.135. The normalized spacial score (nSPS) is 17.6. The molecule has 1 N–H and O–H groups in total. The molecule has 0 spiro atoms. The maximum atomic E-state index is 13.2. The number of fused-ring (bicyclic) bond motifs is 4. The molecular weight excluding hydrogens is 446 g/mol. The van der Waals surface area contributed by atoms with Crippen LogP contribution in [0.4, 0.5) is 0 Å². The van der Waals surface area contributed by atoms with Gasteiger partial charge in [0.15, 0.2) is 5.76 Å². The molecule has 172 valence electrons. The molecule has 7 nitrogen and oxygen atoms in total. The summed E-state index contributed by atoms with van der Waals surface area (Å²) in [6.45, 7) is 0. The summed E-state index contributed by atoms with van der Waals surface area (Å²) >= 11 is 0. The number of carbonyl (C=O) groups is 2. The number of hydrogen-bond donors (Lipinski definition) is 1. The van der Waals surface area contributed by atoms with Crippen LogP contribution >= 0.6 is 0 Å². The maximum Gasteiger partial charge on any atom is 0.312 e. The molecule has 3 aromatic carbocycles. The van der Waals surface area contributed by atoms with Gasteiger partial charge in [0.25, 0.3) is 5.56 Å². The minimum atomic E-state index is -0.639.